The lowest BCUT2D eigenvalue weighted by atomic mass is 9.92. The Morgan fingerprint density at radius 1 is 1.04 bits per heavy atom. The maximum atomic E-state index is 5.35. The molecule has 0 aliphatic heterocycles. The van der Waals surface area contributed by atoms with E-state index in [9.17, 15) is 0 Å². The lowest BCUT2D eigenvalue weighted by Crippen LogP contribution is -2.18. The Morgan fingerprint density at radius 2 is 1.70 bits per heavy atom. The van der Waals surface area contributed by atoms with E-state index in [-0.39, 0.29) is 5.92 Å². The van der Waals surface area contributed by atoms with Gasteiger partial charge >= 0.3 is 0 Å². The van der Waals surface area contributed by atoms with Gasteiger partial charge in [0.15, 0.2) is 0 Å². The van der Waals surface area contributed by atoms with Crippen molar-refractivity contribution in [3.8, 4) is 5.75 Å². The number of hydrogen-bond donors (Lipinski definition) is 0. The summed E-state index contributed by atoms with van der Waals surface area (Å²) in [6, 6.07) is 6.24. The van der Waals surface area contributed by atoms with E-state index < -0.39 is 0 Å². The second-order valence-corrected chi connectivity index (χ2v) is 5.35. The molecule has 0 unspecified atom stereocenters. The molecule has 120 valence electrons. The number of aromatic nitrogens is 6. The summed E-state index contributed by atoms with van der Waals surface area (Å²) in [6.45, 7) is 3.62. The first-order valence-electron chi connectivity index (χ1n) is 7.61. The molecule has 3 aromatic rings. The molecule has 0 saturated heterocycles. The molecule has 0 saturated carbocycles. The summed E-state index contributed by atoms with van der Waals surface area (Å²) < 4.78 is 9.05. The predicted molar refractivity (Wildman–Crippen MR) is 85.2 cm³/mol. The number of hydrogen-bond acceptors (Lipinski definition) is 5. The highest BCUT2D eigenvalue weighted by Gasteiger charge is 2.18. The minimum Gasteiger partial charge on any atom is -0.497 e. The van der Waals surface area contributed by atoms with E-state index in [4.69, 9.17) is 4.74 Å². The fourth-order valence-electron chi connectivity index (χ4n) is 2.77. The molecular formula is C16H20N6O. The molecule has 2 heterocycles. The second-order valence-electron chi connectivity index (χ2n) is 5.35. The van der Waals surface area contributed by atoms with Gasteiger partial charge in [0.05, 0.1) is 20.2 Å². The van der Waals surface area contributed by atoms with Crippen molar-refractivity contribution in [2.75, 3.05) is 7.11 Å². The van der Waals surface area contributed by atoms with Gasteiger partial charge in [0.2, 0.25) is 0 Å². The summed E-state index contributed by atoms with van der Waals surface area (Å²) >= 11 is 0. The van der Waals surface area contributed by atoms with Crippen LogP contribution >= 0.6 is 0 Å². The molecule has 0 amide bonds. The minimum absolute atomic E-state index is 0.222. The number of rotatable bonds is 7. The normalized spacial score (nSPS) is 11.1. The van der Waals surface area contributed by atoms with Gasteiger partial charge in [0.1, 0.15) is 31.1 Å². The van der Waals surface area contributed by atoms with Crippen LogP contribution in [0, 0.1) is 0 Å². The van der Waals surface area contributed by atoms with Crippen LogP contribution in [0.4, 0.5) is 0 Å². The quantitative estimate of drug-likeness (QED) is 0.666. The van der Waals surface area contributed by atoms with Crippen LogP contribution in [0.5, 0.6) is 5.75 Å². The van der Waals surface area contributed by atoms with E-state index in [0.717, 1.165) is 25.3 Å². The van der Waals surface area contributed by atoms with Crippen LogP contribution in [-0.4, -0.2) is 36.6 Å². The monoisotopic (exact) mass is 312 g/mol. The molecule has 0 bridgehead atoms. The van der Waals surface area contributed by atoms with Gasteiger partial charge in [-0.25, -0.2) is 9.97 Å². The van der Waals surface area contributed by atoms with E-state index >= 15 is 0 Å². The predicted octanol–water partition coefficient (Wildman–Crippen LogP) is 1.92. The molecule has 23 heavy (non-hydrogen) atoms. The standard InChI is InChI=1S/C16H20N6O/c1-3-13-6-15(23-2)4-5-16(13)14(7-21-11-17-9-19-21)8-22-12-18-10-20-22/h4-6,9-12,14H,3,7-8H2,1-2H3. The van der Waals surface area contributed by atoms with Crippen LogP contribution in [0.3, 0.4) is 0 Å². The van der Waals surface area contributed by atoms with Gasteiger partial charge in [0, 0.05) is 5.92 Å². The van der Waals surface area contributed by atoms with Crippen LogP contribution in [0.2, 0.25) is 0 Å². The lowest BCUT2D eigenvalue weighted by Gasteiger charge is -2.20. The lowest BCUT2D eigenvalue weighted by molar-refractivity contribution is 0.411. The van der Waals surface area contributed by atoms with Crippen LogP contribution in [0.15, 0.2) is 43.5 Å². The number of methoxy groups -OCH3 is 1. The third-order valence-corrected chi connectivity index (χ3v) is 3.92. The smallest absolute Gasteiger partial charge is 0.137 e. The van der Waals surface area contributed by atoms with Crippen LogP contribution in [0.25, 0.3) is 0 Å². The van der Waals surface area contributed by atoms with E-state index in [0.29, 0.717) is 0 Å². The largest absolute Gasteiger partial charge is 0.497 e. The fourth-order valence-corrected chi connectivity index (χ4v) is 2.77. The SMILES string of the molecule is CCc1cc(OC)ccc1C(Cn1cncn1)Cn1cncn1. The average molecular weight is 312 g/mol. The highest BCUT2D eigenvalue weighted by atomic mass is 16.5. The van der Waals surface area contributed by atoms with Gasteiger partial charge in [0.25, 0.3) is 0 Å². The zero-order valence-corrected chi connectivity index (χ0v) is 13.3. The first-order chi connectivity index (χ1) is 11.3. The first-order valence-corrected chi connectivity index (χ1v) is 7.61. The molecule has 1 aromatic carbocycles. The Hall–Kier alpha value is -2.70. The third-order valence-electron chi connectivity index (χ3n) is 3.92. The van der Waals surface area contributed by atoms with Gasteiger partial charge < -0.3 is 4.74 Å². The van der Waals surface area contributed by atoms with Crippen molar-refractivity contribution < 1.29 is 4.74 Å². The second kappa shape index (κ2) is 7.04. The third kappa shape index (κ3) is 3.56. The van der Waals surface area contributed by atoms with Crippen molar-refractivity contribution in [3.63, 3.8) is 0 Å². The molecule has 2 aromatic heterocycles. The Bertz CT molecular complexity index is 687. The Kier molecular flexibility index (Phi) is 4.65. The van der Waals surface area contributed by atoms with Crippen molar-refractivity contribution in [2.24, 2.45) is 0 Å². The highest BCUT2D eigenvalue weighted by Crippen LogP contribution is 2.27. The number of ether oxygens (including phenoxy) is 1. The molecule has 0 radical (unpaired) electrons. The molecule has 7 heteroatoms. The number of benzene rings is 1. The van der Waals surface area contributed by atoms with Crippen molar-refractivity contribution in [1.29, 1.82) is 0 Å². The number of aryl methyl sites for hydroxylation is 1. The molecule has 0 aliphatic carbocycles. The summed E-state index contributed by atoms with van der Waals surface area (Å²) in [4.78, 5) is 8.07. The summed E-state index contributed by atoms with van der Waals surface area (Å²) in [5.74, 6) is 1.10. The average Bonchev–Trinajstić information content (AvgIpc) is 3.27. The van der Waals surface area contributed by atoms with Crippen molar-refractivity contribution >= 4 is 0 Å². The minimum atomic E-state index is 0.222. The fraction of sp³-hybridized carbons (Fsp3) is 0.375. The van der Waals surface area contributed by atoms with Gasteiger partial charge in [-0.1, -0.05) is 13.0 Å². The van der Waals surface area contributed by atoms with Gasteiger partial charge in [-0.05, 0) is 29.7 Å². The summed E-state index contributed by atoms with van der Waals surface area (Å²) in [5, 5.41) is 8.47. The molecule has 0 N–H and O–H groups in total. The maximum absolute atomic E-state index is 5.35. The van der Waals surface area contributed by atoms with Crippen LogP contribution in [-0.2, 0) is 19.5 Å². The van der Waals surface area contributed by atoms with Crippen molar-refractivity contribution in [1.82, 2.24) is 29.5 Å². The Morgan fingerprint density at radius 3 is 2.17 bits per heavy atom. The van der Waals surface area contributed by atoms with E-state index in [1.54, 1.807) is 32.4 Å². The topological polar surface area (TPSA) is 70.7 Å². The highest BCUT2D eigenvalue weighted by molar-refractivity contribution is 5.37. The molecule has 0 fully saturated rings. The maximum Gasteiger partial charge on any atom is 0.137 e. The molecule has 7 nitrogen and oxygen atoms in total. The van der Waals surface area contributed by atoms with Crippen molar-refractivity contribution in [2.45, 2.75) is 32.4 Å². The molecule has 0 atom stereocenters. The van der Waals surface area contributed by atoms with E-state index in [1.807, 2.05) is 15.4 Å². The van der Waals surface area contributed by atoms with Crippen LogP contribution in [0.1, 0.15) is 24.0 Å². The molecule has 0 aliphatic rings. The van der Waals surface area contributed by atoms with Gasteiger partial charge in [-0.3, -0.25) is 9.36 Å². The summed E-state index contributed by atoms with van der Waals surface area (Å²) in [5.41, 5.74) is 2.55. The molecule has 3 rings (SSSR count). The zero-order valence-electron chi connectivity index (χ0n) is 13.3. The van der Waals surface area contributed by atoms with E-state index in [1.165, 1.54) is 11.1 Å². The van der Waals surface area contributed by atoms with E-state index in [2.05, 4.69) is 39.2 Å². The zero-order chi connectivity index (χ0) is 16.1. The summed E-state index contributed by atoms with van der Waals surface area (Å²) in [6.07, 6.45) is 7.53. The Labute approximate surface area is 135 Å². The van der Waals surface area contributed by atoms with Gasteiger partial charge in [-0.2, -0.15) is 10.2 Å². The first kappa shape index (κ1) is 15.2. The van der Waals surface area contributed by atoms with Gasteiger partial charge in [-0.15, -0.1) is 0 Å². The van der Waals surface area contributed by atoms with Crippen LogP contribution < -0.4 is 4.74 Å². The molecule has 0 spiro atoms. The summed E-state index contributed by atoms with van der Waals surface area (Å²) in [7, 11) is 1.69. The van der Waals surface area contributed by atoms with Crippen molar-refractivity contribution in [3.05, 3.63) is 54.6 Å². The molecular weight excluding hydrogens is 292 g/mol. The Balaban J connectivity index is 1.93. The number of nitrogens with zero attached hydrogens (tertiary/aromatic N) is 6.